The predicted molar refractivity (Wildman–Crippen MR) is 114 cm³/mol. The van der Waals surface area contributed by atoms with E-state index in [1.165, 1.54) is 41.3 Å². The van der Waals surface area contributed by atoms with Gasteiger partial charge in [0.1, 0.15) is 4.21 Å². The quantitative estimate of drug-likeness (QED) is 0.506. The molecular weight excluding hydrogens is 380 g/mol. The lowest BCUT2D eigenvalue weighted by atomic mass is 9.87. The topological polar surface area (TPSA) is 73.8 Å². The highest BCUT2D eigenvalue weighted by atomic mass is 32.2. The van der Waals surface area contributed by atoms with Crippen molar-refractivity contribution in [3.63, 3.8) is 0 Å². The fourth-order valence-electron chi connectivity index (χ4n) is 3.42. The van der Waals surface area contributed by atoms with Gasteiger partial charge in [0, 0.05) is 37.6 Å². The van der Waals surface area contributed by atoms with Gasteiger partial charge in [-0.25, -0.2) is 8.42 Å². The summed E-state index contributed by atoms with van der Waals surface area (Å²) in [5, 5.41) is 6.87. The van der Waals surface area contributed by atoms with Gasteiger partial charge in [0.15, 0.2) is 5.96 Å². The molecule has 1 fully saturated rings. The van der Waals surface area contributed by atoms with E-state index in [-0.39, 0.29) is 0 Å². The molecule has 0 amide bonds. The molecule has 0 aliphatic heterocycles. The molecule has 154 valence electrons. The van der Waals surface area contributed by atoms with Crippen molar-refractivity contribution >= 4 is 27.3 Å². The first-order valence-electron chi connectivity index (χ1n) is 9.96. The lowest BCUT2D eigenvalue weighted by molar-refractivity contribution is 0.329. The molecule has 8 heteroatoms. The first-order valence-corrected chi connectivity index (χ1v) is 12.2. The molecule has 1 heterocycles. The largest absolute Gasteiger partial charge is 0.356 e. The van der Waals surface area contributed by atoms with Crippen LogP contribution in [-0.4, -0.2) is 51.4 Å². The van der Waals surface area contributed by atoms with Gasteiger partial charge in [-0.05, 0) is 50.2 Å². The van der Waals surface area contributed by atoms with E-state index in [4.69, 9.17) is 0 Å². The molecule has 27 heavy (non-hydrogen) atoms. The maximum Gasteiger partial charge on any atom is 0.252 e. The molecule has 6 nitrogen and oxygen atoms in total. The summed E-state index contributed by atoms with van der Waals surface area (Å²) in [5.41, 5.74) is 0. The minimum absolute atomic E-state index is 0.431. The zero-order valence-electron chi connectivity index (χ0n) is 17.0. The van der Waals surface area contributed by atoms with Gasteiger partial charge in [-0.3, -0.25) is 4.99 Å². The third-order valence-electron chi connectivity index (χ3n) is 5.18. The van der Waals surface area contributed by atoms with Gasteiger partial charge in [0.25, 0.3) is 10.0 Å². The Kier molecular flexibility index (Phi) is 8.57. The van der Waals surface area contributed by atoms with E-state index in [2.05, 4.69) is 22.5 Å². The Morgan fingerprint density at radius 1 is 1.22 bits per heavy atom. The maximum atomic E-state index is 12.6. The summed E-state index contributed by atoms with van der Waals surface area (Å²) in [6, 6.07) is 4.14. The SMILES string of the molecule is CCN(CC)S(=O)(=O)c1ccc(CCNC(=NC)NC2CCC(C)CC2)s1. The molecule has 1 aromatic heterocycles. The molecule has 0 atom stereocenters. The number of nitrogens with zero attached hydrogens (tertiary/aromatic N) is 2. The molecule has 1 aliphatic rings. The van der Waals surface area contributed by atoms with Crippen molar-refractivity contribution in [1.29, 1.82) is 0 Å². The fraction of sp³-hybridized carbons (Fsp3) is 0.737. The number of sulfonamides is 1. The predicted octanol–water partition coefficient (Wildman–Crippen LogP) is 3.06. The molecule has 0 radical (unpaired) electrons. The molecule has 0 spiro atoms. The van der Waals surface area contributed by atoms with E-state index in [1.54, 1.807) is 13.1 Å². The van der Waals surface area contributed by atoms with Crippen LogP contribution in [0.15, 0.2) is 21.3 Å². The summed E-state index contributed by atoms with van der Waals surface area (Å²) in [5.74, 6) is 1.67. The third kappa shape index (κ3) is 6.19. The van der Waals surface area contributed by atoms with E-state index >= 15 is 0 Å². The van der Waals surface area contributed by atoms with Crippen molar-refractivity contribution in [2.24, 2.45) is 10.9 Å². The molecule has 0 bridgehead atoms. The maximum absolute atomic E-state index is 12.6. The van der Waals surface area contributed by atoms with E-state index in [0.717, 1.165) is 29.7 Å². The highest BCUT2D eigenvalue weighted by Crippen LogP contribution is 2.25. The Bertz CT molecular complexity index is 703. The van der Waals surface area contributed by atoms with Crippen molar-refractivity contribution in [3.8, 4) is 0 Å². The summed E-state index contributed by atoms with van der Waals surface area (Å²) >= 11 is 1.36. The number of aliphatic imine (C=N–C) groups is 1. The summed E-state index contributed by atoms with van der Waals surface area (Å²) in [7, 11) is -1.56. The van der Waals surface area contributed by atoms with Crippen LogP contribution in [0.2, 0.25) is 0 Å². The van der Waals surface area contributed by atoms with Crippen molar-refractivity contribution in [3.05, 3.63) is 17.0 Å². The average molecular weight is 415 g/mol. The average Bonchev–Trinajstić information content (AvgIpc) is 3.13. The van der Waals surface area contributed by atoms with Crippen LogP contribution in [0.5, 0.6) is 0 Å². The minimum Gasteiger partial charge on any atom is -0.356 e. The molecule has 1 aromatic rings. The second-order valence-electron chi connectivity index (χ2n) is 7.16. The van der Waals surface area contributed by atoms with Crippen molar-refractivity contribution in [2.45, 2.75) is 63.1 Å². The summed E-state index contributed by atoms with van der Waals surface area (Å²) in [6.45, 7) is 7.77. The number of hydrogen-bond acceptors (Lipinski definition) is 4. The Labute approximate surface area is 168 Å². The van der Waals surface area contributed by atoms with Crippen LogP contribution in [0.1, 0.15) is 51.3 Å². The fourth-order valence-corrected chi connectivity index (χ4v) is 6.39. The van der Waals surface area contributed by atoms with Crippen LogP contribution >= 0.6 is 11.3 Å². The number of guanidine groups is 1. The Morgan fingerprint density at radius 2 is 1.89 bits per heavy atom. The number of hydrogen-bond donors (Lipinski definition) is 2. The zero-order valence-corrected chi connectivity index (χ0v) is 18.6. The molecular formula is C19H34N4O2S2. The van der Waals surface area contributed by atoms with Crippen LogP contribution in [0, 0.1) is 5.92 Å². The lowest BCUT2D eigenvalue weighted by Gasteiger charge is -2.28. The van der Waals surface area contributed by atoms with Gasteiger partial charge >= 0.3 is 0 Å². The minimum atomic E-state index is -3.35. The van der Waals surface area contributed by atoms with Gasteiger partial charge < -0.3 is 10.6 Å². The Balaban J connectivity index is 1.84. The van der Waals surface area contributed by atoms with Crippen LogP contribution in [0.4, 0.5) is 0 Å². The van der Waals surface area contributed by atoms with E-state index in [1.807, 2.05) is 19.9 Å². The van der Waals surface area contributed by atoms with Gasteiger partial charge in [0.2, 0.25) is 0 Å². The highest BCUT2D eigenvalue weighted by Gasteiger charge is 2.23. The van der Waals surface area contributed by atoms with Gasteiger partial charge in [-0.2, -0.15) is 4.31 Å². The van der Waals surface area contributed by atoms with E-state index < -0.39 is 10.0 Å². The molecule has 2 rings (SSSR count). The molecule has 0 unspecified atom stereocenters. The van der Waals surface area contributed by atoms with Crippen molar-refractivity contribution in [1.82, 2.24) is 14.9 Å². The van der Waals surface area contributed by atoms with Crippen LogP contribution in [0.25, 0.3) is 0 Å². The first-order chi connectivity index (χ1) is 12.9. The Hall–Kier alpha value is -1.12. The lowest BCUT2D eigenvalue weighted by Crippen LogP contribution is -2.45. The van der Waals surface area contributed by atoms with Crippen LogP contribution < -0.4 is 10.6 Å². The zero-order chi connectivity index (χ0) is 19.9. The molecule has 0 aromatic carbocycles. The normalized spacial score (nSPS) is 21.4. The van der Waals surface area contributed by atoms with Crippen LogP contribution in [-0.2, 0) is 16.4 Å². The van der Waals surface area contributed by atoms with Gasteiger partial charge in [0.05, 0.1) is 0 Å². The molecule has 1 saturated carbocycles. The second-order valence-corrected chi connectivity index (χ2v) is 10.5. The standard InChI is InChI=1S/C19H34N4O2S2/c1-5-23(6-2)27(24,25)18-12-11-17(26-18)13-14-21-19(20-4)22-16-9-7-15(3)8-10-16/h11-12,15-16H,5-10,13-14H2,1-4H3,(H2,20,21,22). The van der Waals surface area contributed by atoms with E-state index in [9.17, 15) is 8.42 Å². The van der Waals surface area contributed by atoms with Gasteiger partial charge in [-0.1, -0.05) is 20.8 Å². The third-order valence-corrected chi connectivity index (χ3v) is 8.84. The number of rotatable bonds is 8. The summed E-state index contributed by atoms with van der Waals surface area (Å²) in [4.78, 5) is 5.38. The first kappa shape index (κ1) is 22.2. The Morgan fingerprint density at radius 3 is 2.48 bits per heavy atom. The summed E-state index contributed by atoms with van der Waals surface area (Å²) in [6.07, 6.45) is 5.71. The molecule has 0 saturated heterocycles. The van der Waals surface area contributed by atoms with E-state index in [0.29, 0.717) is 23.3 Å². The molecule has 2 N–H and O–H groups in total. The van der Waals surface area contributed by atoms with Crippen LogP contribution in [0.3, 0.4) is 0 Å². The smallest absolute Gasteiger partial charge is 0.252 e. The summed E-state index contributed by atoms with van der Waals surface area (Å²) < 4.78 is 27.1. The van der Waals surface area contributed by atoms with Gasteiger partial charge in [-0.15, -0.1) is 11.3 Å². The molecule has 1 aliphatic carbocycles. The van der Waals surface area contributed by atoms with Crippen molar-refractivity contribution < 1.29 is 8.42 Å². The number of nitrogens with one attached hydrogen (secondary N) is 2. The highest BCUT2D eigenvalue weighted by molar-refractivity contribution is 7.91. The monoisotopic (exact) mass is 414 g/mol. The van der Waals surface area contributed by atoms with Crippen molar-refractivity contribution in [2.75, 3.05) is 26.7 Å². The number of thiophene rings is 1. The second kappa shape index (κ2) is 10.4.